The highest BCUT2D eigenvalue weighted by molar-refractivity contribution is 14.1. The molecule has 0 aliphatic carbocycles. The van der Waals surface area contributed by atoms with Crippen LogP contribution in [0.15, 0.2) is 28.5 Å². The second-order valence-electron chi connectivity index (χ2n) is 6.31. The van der Waals surface area contributed by atoms with Gasteiger partial charge in [-0.05, 0) is 47.7 Å². The van der Waals surface area contributed by atoms with Crippen LogP contribution in [-0.4, -0.2) is 42.3 Å². The van der Waals surface area contributed by atoms with E-state index in [1.165, 1.54) is 30.2 Å². The number of hydrogen-bond acceptors (Lipinski definition) is 8. The molecule has 1 aromatic carbocycles. The molecule has 27 heavy (non-hydrogen) atoms. The normalized spacial score (nSPS) is 11.6. The number of fused-ring (bicyclic) bond motifs is 1. The van der Waals surface area contributed by atoms with Gasteiger partial charge < -0.3 is 25.8 Å². The van der Waals surface area contributed by atoms with Gasteiger partial charge in [-0.25, -0.2) is 15.0 Å². The van der Waals surface area contributed by atoms with E-state index in [9.17, 15) is 10.2 Å². The van der Waals surface area contributed by atoms with Crippen LogP contribution >= 0.6 is 34.4 Å². The second kappa shape index (κ2) is 8.48. The van der Waals surface area contributed by atoms with E-state index < -0.39 is 0 Å². The Labute approximate surface area is 174 Å². The maximum atomic E-state index is 9.84. The fourth-order valence-corrected chi connectivity index (χ4v) is 4.28. The summed E-state index contributed by atoms with van der Waals surface area (Å²) in [4.78, 5) is 13.8. The van der Waals surface area contributed by atoms with E-state index in [2.05, 4.69) is 56.7 Å². The van der Waals surface area contributed by atoms with Gasteiger partial charge in [-0.1, -0.05) is 25.6 Å². The van der Waals surface area contributed by atoms with Crippen molar-refractivity contribution in [3.8, 4) is 11.5 Å². The van der Waals surface area contributed by atoms with Crippen LogP contribution in [0.5, 0.6) is 11.5 Å². The van der Waals surface area contributed by atoms with Crippen LogP contribution in [0.4, 0.5) is 5.82 Å². The number of rotatable bonds is 7. The lowest BCUT2D eigenvalue weighted by Gasteiger charge is -2.11. The van der Waals surface area contributed by atoms with Crippen molar-refractivity contribution in [3.63, 3.8) is 0 Å². The molecule has 0 amide bonds. The number of nitrogens with one attached hydrogen (secondary N) is 1. The summed E-state index contributed by atoms with van der Waals surface area (Å²) in [5.74, 6) is 0.0253. The molecule has 5 N–H and O–H groups in total. The molecule has 0 saturated heterocycles. The third-order valence-electron chi connectivity index (χ3n) is 3.87. The van der Waals surface area contributed by atoms with E-state index in [1.807, 2.05) is 4.57 Å². The molecule has 2 heterocycles. The van der Waals surface area contributed by atoms with Crippen LogP contribution in [0.1, 0.15) is 20.3 Å². The molecule has 0 unspecified atom stereocenters. The minimum atomic E-state index is -0.166. The Kier molecular flexibility index (Phi) is 6.27. The molecule has 0 spiro atoms. The number of phenolic OH excluding ortho intramolecular Hbond substituents is 2. The van der Waals surface area contributed by atoms with Crippen molar-refractivity contribution in [2.75, 3.05) is 12.3 Å². The standard InChI is InChI=1S/C17H21IN6O2S/c1-9(2)20-4-3-5-24-16-14(15(19)21-8-22-16)23-17(24)27-13-7-12(26)11(25)6-10(13)18/h6-9,20,25-26H,3-5H2,1-2H3,(H2,19,21,22). The molecule has 0 atom stereocenters. The Morgan fingerprint density at radius 1 is 1.26 bits per heavy atom. The van der Waals surface area contributed by atoms with Gasteiger partial charge in [0.2, 0.25) is 0 Å². The predicted octanol–water partition coefficient (Wildman–Crippen LogP) is 2.96. The highest BCUT2D eigenvalue weighted by Crippen LogP contribution is 2.38. The van der Waals surface area contributed by atoms with Gasteiger partial charge in [0.05, 0.1) is 0 Å². The van der Waals surface area contributed by atoms with E-state index in [4.69, 9.17) is 5.73 Å². The predicted molar refractivity (Wildman–Crippen MR) is 114 cm³/mol. The Bertz CT molecular complexity index is 962. The number of nitrogens with zero attached hydrogens (tertiary/aromatic N) is 4. The highest BCUT2D eigenvalue weighted by atomic mass is 127. The second-order valence-corrected chi connectivity index (χ2v) is 8.48. The van der Waals surface area contributed by atoms with Gasteiger partial charge in [0.25, 0.3) is 0 Å². The van der Waals surface area contributed by atoms with Gasteiger partial charge in [0.15, 0.2) is 33.6 Å². The summed E-state index contributed by atoms with van der Waals surface area (Å²) < 4.78 is 2.83. The summed E-state index contributed by atoms with van der Waals surface area (Å²) >= 11 is 3.51. The first kappa shape index (κ1) is 20.0. The summed E-state index contributed by atoms with van der Waals surface area (Å²) in [5, 5.41) is 23.6. The number of phenols is 2. The van der Waals surface area contributed by atoms with E-state index in [-0.39, 0.29) is 11.5 Å². The molecule has 0 radical (unpaired) electrons. The number of imidazole rings is 1. The zero-order chi connectivity index (χ0) is 19.6. The number of aromatic nitrogens is 4. The summed E-state index contributed by atoms with van der Waals surface area (Å²) in [6.45, 7) is 5.82. The molecule has 3 rings (SSSR count). The van der Waals surface area contributed by atoms with Gasteiger partial charge in [0.1, 0.15) is 6.33 Å². The average molecular weight is 500 g/mol. The Balaban J connectivity index is 1.95. The van der Waals surface area contributed by atoms with Gasteiger partial charge >= 0.3 is 0 Å². The molecule has 0 fully saturated rings. The lowest BCUT2D eigenvalue weighted by molar-refractivity contribution is 0.402. The topological polar surface area (TPSA) is 122 Å². The summed E-state index contributed by atoms with van der Waals surface area (Å²) in [6, 6.07) is 3.48. The van der Waals surface area contributed by atoms with Crippen LogP contribution < -0.4 is 11.1 Å². The van der Waals surface area contributed by atoms with Crippen molar-refractivity contribution < 1.29 is 10.2 Å². The SMILES string of the molecule is CC(C)NCCCn1c(Sc2cc(O)c(O)cc2I)nc2c(N)ncnc21. The van der Waals surface area contributed by atoms with Crippen molar-refractivity contribution in [1.29, 1.82) is 0 Å². The van der Waals surface area contributed by atoms with Crippen LogP contribution in [0.2, 0.25) is 0 Å². The summed E-state index contributed by atoms with van der Waals surface area (Å²) in [7, 11) is 0. The Morgan fingerprint density at radius 3 is 2.74 bits per heavy atom. The number of anilines is 1. The maximum Gasteiger partial charge on any atom is 0.175 e. The molecule has 0 bridgehead atoms. The highest BCUT2D eigenvalue weighted by Gasteiger charge is 2.17. The van der Waals surface area contributed by atoms with Crippen molar-refractivity contribution in [3.05, 3.63) is 22.0 Å². The molecular weight excluding hydrogens is 479 g/mol. The zero-order valence-corrected chi connectivity index (χ0v) is 18.0. The fraction of sp³-hybridized carbons (Fsp3) is 0.353. The van der Waals surface area contributed by atoms with Crippen LogP contribution in [0.3, 0.4) is 0 Å². The number of aromatic hydroxyl groups is 2. The van der Waals surface area contributed by atoms with Crippen molar-refractivity contribution >= 4 is 51.3 Å². The Hall–Kier alpha value is -1.79. The zero-order valence-electron chi connectivity index (χ0n) is 15.0. The van der Waals surface area contributed by atoms with E-state index in [0.29, 0.717) is 28.2 Å². The lowest BCUT2D eigenvalue weighted by Crippen LogP contribution is -2.24. The minimum absolute atomic E-state index is 0.146. The molecular formula is C17H21IN6O2S. The maximum absolute atomic E-state index is 9.84. The first-order valence-corrected chi connectivity index (χ1v) is 10.4. The lowest BCUT2D eigenvalue weighted by atomic mass is 10.3. The number of nitrogen functional groups attached to an aromatic ring is 1. The number of aryl methyl sites for hydroxylation is 1. The van der Waals surface area contributed by atoms with E-state index in [0.717, 1.165) is 28.0 Å². The molecule has 10 heteroatoms. The van der Waals surface area contributed by atoms with Crippen molar-refractivity contribution in [2.24, 2.45) is 0 Å². The van der Waals surface area contributed by atoms with Gasteiger partial charge in [0, 0.05) is 21.1 Å². The summed E-state index contributed by atoms with van der Waals surface area (Å²) in [5.41, 5.74) is 7.23. The van der Waals surface area contributed by atoms with Gasteiger partial charge in [-0.15, -0.1) is 0 Å². The first-order chi connectivity index (χ1) is 12.9. The average Bonchev–Trinajstić information content (AvgIpc) is 2.95. The van der Waals surface area contributed by atoms with Gasteiger partial charge in [-0.3, -0.25) is 0 Å². The molecule has 0 saturated carbocycles. The smallest absolute Gasteiger partial charge is 0.175 e. The largest absolute Gasteiger partial charge is 0.504 e. The number of benzene rings is 1. The van der Waals surface area contributed by atoms with Crippen molar-refractivity contribution in [1.82, 2.24) is 24.8 Å². The third kappa shape index (κ3) is 4.55. The number of halogens is 1. The minimum Gasteiger partial charge on any atom is -0.504 e. The van der Waals surface area contributed by atoms with Crippen LogP contribution in [0.25, 0.3) is 11.2 Å². The molecule has 8 nitrogen and oxygen atoms in total. The van der Waals surface area contributed by atoms with E-state index in [1.54, 1.807) is 0 Å². The quantitative estimate of drug-likeness (QED) is 0.222. The molecule has 0 aliphatic rings. The molecule has 144 valence electrons. The van der Waals surface area contributed by atoms with Crippen LogP contribution in [0, 0.1) is 3.57 Å². The first-order valence-electron chi connectivity index (χ1n) is 8.46. The molecule has 2 aromatic heterocycles. The van der Waals surface area contributed by atoms with Gasteiger partial charge in [-0.2, -0.15) is 0 Å². The molecule has 3 aromatic rings. The number of nitrogens with two attached hydrogens (primary N) is 1. The summed E-state index contributed by atoms with van der Waals surface area (Å²) in [6.07, 6.45) is 2.34. The van der Waals surface area contributed by atoms with Crippen molar-refractivity contribution in [2.45, 2.75) is 42.9 Å². The van der Waals surface area contributed by atoms with Crippen LogP contribution in [-0.2, 0) is 6.54 Å². The third-order valence-corrected chi connectivity index (χ3v) is 6.18. The molecule has 0 aliphatic heterocycles. The number of hydrogen-bond donors (Lipinski definition) is 4. The van der Waals surface area contributed by atoms with E-state index >= 15 is 0 Å². The Morgan fingerprint density at radius 2 is 2.00 bits per heavy atom. The monoisotopic (exact) mass is 500 g/mol. The fourth-order valence-electron chi connectivity index (χ4n) is 2.55.